The number of rotatable bonds is 3. The van der Waals surface area contributed by atoms with Gasteiger partial charge in [-0.15, -0.1) is 0 Å². The Balaban J connectivity index is 2.17. The summed E-state index contributed by atoms with van der Waals surface area (Å²) in [4.78, 5) is 16.1. The molecule has 0 aromatic heterocycles. The monoisotopic (exact) mass is 297 g/mol. The minimum Gasteiger partial charge on any atom is -0.279 e. The van der Waals surface area contributed by atoms with Crippen molar-refractivity contribution in [2.45, 2.75) is 13.3 Å². The quantitative estimate of drug-likeness (QED) is 0.772. The second-order valence-electron chi connectivity index (χ2n) is 3.70. The van der Waals surface area contributed by atoms with E-state index in [1.807, 2.05) is 18.2 Å². The van der Waals surface area contributed by atoms with Gasteiger partial charge in [0.1, 0.15) is 10.1 Å². The molecule has 0 bridgehead atoms. The van der Waals surface area contributed by atoms with E-state index in [0.29, 0.717) is 10.7 Å². The van der Waals surface area contributed by atoms with Crippen LogP contribution in [0.5, 0.6) is 0 Å². The highest BCUT2D eigenvalue weighted by molar-refractivity contribution is 8.45. The van der Waals surface area contributed by atoms with E-state index in [2.05, 4.69) is 11.9 Å². The van der Waals surface area contributed by atoms with Crippen molar-refractivity contribution >= 4 is 50.7 Å². The van der Waals surface area contributed by atoms with Crippen LogP contribution in [0.3, 0.4) is 0 Å². The van der Waals surface area contributed by atoms with Crippen molar-refractivity contribution in [1.82, 2.24) is 0 Å². The number of hydrogen-bond acceptors (Lipinski definition) is 4. The van der Waals surface area contributed by atoms with E-state index in [1.165, 1.54) is 11.8 Å². The maximum Gasteiger partial charge on any atom is 0.244 e. The number of benzene rings is 1. The van der Waals surface area contributed by atoms with Crippen molar-refractivity contribution in [3.05, 3.63) is 40.5 Å². The maximum atomic E-state index is 11.8. The van der Waals surface area contributed by atoms with Crippen LogP contribution in [-0.2, 0) is 4.79 Å². The number of thioether (sulfide) groups is 2. The van der Waals surface area contributed by atoms with Crippen molar-refractivity contribution in [1.29, 1.82) is 0 Å². The minimum absolute atomic E-state index is 0.00794. The van der Waals surface area contributed by atoms with Gasteiger partial charge in [0.25, 0.3) is 0 Å². The van der Waals surface area contributed by atoms with Gasteiger partial charge < -0.3 is 0 Å². The van der Waals surface area contributed by atoms with E-state index in [1.54, 1.807) is 23.9 Å². The van der Waals surface area contributed by atoms with E-state index in [-0.39, 0.29) is 5.12 Å². The molecule has 1 aliphatic rings. The lowest BCUT2D eigenvalue weighted by Gasteiger charge is -1.94. The zero-order valence-electron chi connectivity index (χ0n) is 9.85. The molecule has 1 heterocycles. The lowest BCUT2D eigenvalue weighted by Crippen LogP contribution is -1.88. The molecule has 0 saturated heterocycles. The van der Waals surface area contributed by atoms with Gasteiger partial charge in [-0.05, 0) is 47.7 Å². The first-order chi connectivity index (χ1) is 8.69. The summed E-state index contributed by atoms with van der Waals surface area (Å²) in [6.45, 7) is 2.11. The van der Waals surface area contributed by atoms with E-state index < -0.39 is 0 Å². The number of carbonyl (C=O) groups excluding carboxylic acids is 1. The molecule has 1 aromatic rings. The summed E-state index contributed by atoms with van der Waals surface area (Å²) in [5, 5.41) is 0.667. The topological polar surface area (TPSA) is 29.4 Å². The average molecular weight is 298 g/mol. The van der Waals surface area contributed by atoms with E-state index in [4.69, 9.17) is 11.6 Å². The first-order valence-corrected chi connectivity index (χ1v) is 7.78. The lowest BCUT2D eigenvalue weighted by atomic mass is 10.2. The molecular weight excluding hydrogens is 286 g/mol. The Morgan fingerprint density at radius 2 is 2.33 bits per heavy atom. The molecule has 0 radical (unpaired) electrons. The van der Waals surface area contributed by atoms with Gasteiger partial charge in [-0.25, -0.2) is 4.99 Å². The van der Waals surface area contributed by atoms with Crippen LogP contribution in [0.2, 0.25) is 5.02 Å². The van der Waals surface area contributed by atoms with Crippen molar-refractivity contribution in [2.24, 2.45) is 4.99 Å². The molecule has 0 amide bonds. The fourth-order valence-electron chi connectivity index (χ4n) is 1.39. The SMILES string of the molecule is CCCSC1=NC(=Cc2cccc(Cl)c2)C(=O)S1. The number of hydrogen-bond donors (Lipinski definition) is 0. The Morgan fingerprint density at radius 3 is 3.06 bits per heavy atom. The van der Waals surface area contributed by atoms with Crippen LogP contribution in [0, 0.1) is 0 Å². The molecular formula is C13H12ClNOS2. The van der Waals surface area contributed by atoms with Crippen molar-refractivity contribution in [3.63, 3.8) is 0 Å². The molecule has 1 aromatic carbocycles. The zero-order valence-corrected chi connectivity index (χ0v) is 12.2. The van der Waals surface area contributed by atoms with E-state index in [9.17, 15) is 4.79 Å². The summed E-state index contributed by atoms with van der Waals surface area (Å²) >= 11 is 8.74. The molecule has 94 valence electrons. The van der Waals surface area contributed by atoms with Gasteiger partial charge in [0.05, 0.1) is 0 Å². The van der Waals surface area contributed by atoms with E-state index in [0.717, 1.165) is 22.1 Å². The summed E-state index contributed by atoms with van der Waals surface area (Å²) in [5.41, 5.74) is 1.40. The Labute approximate surface area is 120 Å². The molecule has 1 aliphatic heterocycles. The third-order valence-corrected chi connectivity index (χ3v) is 4.63. The highest BCUT2D eigenvalue weighted by atomic mass is 35.5. The zero-order chi connectivity index (χ0) is 13.0. The summed E-state index contributed by atoms with van der Waals surface area (Å²) in [5.74, 6) is 0.990. The number of halogens is 1. The Morgan fingerprint density at radius 1 is 1.50 bits per heavy atom. The standard InChI is InChI=1S/C13H12ClNOS2/c1-2-6-17-13-15-11(12(16)18-13)8-9-4-3-5-10(14)7-9/h3-5,7-8H,2,6H2,1H3. The van der Waals surface area contributed by atoms with Gasteiger partial charge in [0.2, 0.25) is 5.12 Å². The first-order valence-electron chi connectivity index (χ1n) is 5.60. The largest absolute Gasteiger partial charge is 0.279 e. The number of aliphatic imine (C=N–C) groups is 1. The molecule has 0 fully saturated rings. The molecule has 0 unspecified atom stereocenters. The van der Waals surface area contributed by atoms with Gasteiger partial charge >= 0.3 is 0 Å². The van der Waals surface area contributed by atoms with Gasteiger partial charge in [0, 0.05) is 5.02 Å². The maximum absolute atomic E-state index is 11.8. The molecule has 0 spiro atoms. The molecule has 0 atom stereocenters. The lowest BCUT2D eigenvalue weighted by molar-refractivity contribution is -0.107. The Hall–Kier alpha value is -0.710. The Kier molecular flexibility index (Phi) is 4.92. The van der Waals surface area contributed by atoms with Crippen LogP contribution >= 0.6 is 35.1 Å². The molecule has 5 heteroatoms. The van der Waals surface area contributed by atoms with Crippen LogP contribution in [0.4, 0.5) is 0 Å². The second kappa shape index (κ2) is 6.45. The van der Waals surface area contributed by atoms with E-state index >= 15 is 0 Å². The third kappa shape index (κ3) is 3.64. The molecule has 0 N–H and O–H groups in total. The number of carbonyl (C=O) groups is 1. The van der Waals surface area contributed by atoms with Crippen LogP contribution < -0.4 is 0 Å². The average Bonchev–Trinajstić information content (AvgIpc) is 2.68. The first kappa shape index (κ1) is 13.7. The molecule has 18 heavy (non-hydrogen) atoms. The van der Waals surface area contributed by atoms with Gasteiger partial charge in [-0.3, -0.25) is 4.79 Å². The second-order valence-corrected chi connectivity index (χ2v) is 6.44. The highest BCUT2D eigenvalue weighted by Crippen LogP contribution is 2.31. The highest BCUT2D eigenvalue weighted by Gasteiger charge is 2.21. The number of nitrogens with zero attached hydrogens (tertiary/aromatic N) is 1. The van der Waals surface area contributed by atoms with Crippen LogP contribution in [-0.4, -0.2) is 15.2 Å². The van der Waals surface area contributed by atoms with Gasteiger partial charge in [0.15, 0.2) is 0 Å². The van der Waals surface area contributed by atoms with Gasteiger partial charge in [-0.2, -0.15) is 0 Å². The smallest absolute Gasteiger partial charge is 0.244 e. The Bertz CT molecular complexity index is 525. The summed E-state index contributed by atoms with van der Waals surface area (Å²) in [6, 6.07) is 7.39. The normalized spacial score (nSPS) is 17.3. The minimum atomic E-state index is 0.00794. The predicted octanol–water partition coefficient (Wildman–Crippen LogP) is 4.45. The molecule has 2 rings (SSSR count). The molecule has 0 aliphatic carbocycles. The molecule has 0 saturated carbocycles. The summed E-state index contributed by atoms with van der Waals surface area (Å²) in [7, 11) is 0. The van der Waals surface area contributed by atoms with Crippen LogP contribution in [0.1, 0.15) is 18.9 Å². The third-order valence-electron chi connectivity index (χ3n) is 2.18. The van der Waals surface area contributed by atoms with Gasteiger partial charge in [-0.1, -0.05) is 42.4 Å². The fraction of sp³-hybridized carbons (Fsp3) is 0.231. The summed E-state index contributed by atoms with van der Waals surface area (Å²) in [6.07, 6.45) is 2.85. The van der Waals surface area contributed by atoms with Crippen molar-refractivity contribution in [2.75, 3.05) is 5.75 Å². The van der Waals surface area contributed by atoms with Crippen LogP contribution in [0.25, 0.3) is 6.08 Å². The fourth-order valence-corrected chi connectivity index (χ4v) is 3.36. The van der Waals surface area contributed by atoms with Crippen LogP contribution in [0.15, 0.2) is 35.0 Å². The van der Waals surface area contributed by atoms with Crippen molar-refractivity contribution in [3.8, 4) is 0 Å². The van der Waals surface area contributed by atoms with Crippen molar-refractivity contribution < 1.29 is 4.79 Å². The predicted molar refractivity (Wildman–Crippen MR) is 82.2 cm³/mol. The molecule has 2 nitrogen and oxygen atoms in total. The summed E-state index contributed by atoms with van der Waals surface area (Å²) < 4.78 is 0.843.